The summed E-state index contributed by atoms with van der Waals surface area (Å²) in [5, 5.41) is 6.38. The molecule has 43 heavy (non-hydrogen) atoms. The molecule has 2 aliphatic heterocycles. The lowest BCUT2D eigenvalue weighted by Crippen LogP contribution is -2.35. The Kier molecular flexibility index (Phi) is 9.73. The van der Waals surface area contributed by atoms with Gasteiger partial charge in [-0.2, -0.15) is 0 Å². The number of amides is 3. The maximum atomic E-state index is 13.5. The minimum Gasteiger partial charge on any atom is -0.493 e. The third-order valence-electron chi connectivity index (χ3n) is 7.80. The van der Waals surface area contributed by atoms with Crippen LogP contribution >= 0.6 is 0 Å². The minimum atomic E-state index is -0.339. The van der Waals surface area contributed by atoms with Crippen molar-refractivity contribution < 1.29 is 23.9 Å². The summed E-state index contributed by atoms with van der Waals surface area (Å²) in [4.78, 5) is 50.1. The summed E-state index contributed by atoms with van der Waals surface area (Å²) in [7, 11) is 3.06. The number of nitrogens with one attached hydrogen (secondary N) is 2. The number of ether oxygens (including phenoxy) is 2. The van der Waals surface area contributed by atoms with Gasteiger partial charge in [-0.3, -0.25) is 19.4 Å². The van der Waals surface area contributed by atoms with Gasteiger partial charge in [0.1, 0.15) is 0 Å². The van der Waals surface area contributed by atoms with E-state index >= 15 is 0 Å². The van der Waals surface area contributed by atoms with E-state index in [2.05, 4.69) is 20.5 Å². The van der Waals surface area contributed by atoms with Gasteiger partial charge in [0, 0.05) is 69.3 Å². The van der Waals surface area contributed by atoms with Gasteiger partial charge in [0.25, 0.3) is 17.7 Å². The van der Waals surface area contributed by atoms with Gasteiger partial charge in [-0.15, -0.1) is 0 Å². The molecule has 0 aliphatic carbocycles. The molecule has 11 heteroatoms. The fraction of sp³-hybridized carbons (Fsp3) is 0.375. The minimum absolute atomic E-state index is 0.0511. The third kappa shape index (κ3) is 7.06. The second kappa shape index (κ2) is 14.0. The maximum absolute atomic E-state index is 13.5. The van der Waals surface area contributed by atoms with Crippen LogP contribution in [0.1, 0.15) is 43.9 Å². The smallest absolute Gasteiger partial charge is 0.255 e. The topological polar surface area (TPSA) is 116 Å². The fourth-order valence-corrected chi connectivity index (χ4v) is 5.48. The first kappa shape index (κ1) is 29.8. The molecule has 2 saturated heterocycles. The lowest BCUT2D eigenvalue weighted by Gasteiger charge is -2.27. The summed E-state index contributed by atoms with van der Waals surface area (Å²) in [6.07, 6.45) is 4.87. The van der Waals surface area contributed by atoms with Gasteiger partial charge in [-0.05, 0) is 67.9 Å². The van der Waals surface area contributed by atoms with Crippen LogP contribution in [0.2, 0.25) is 0 Å². The van der Waals surface area contributed by atoms with Crippen LogP contribution in [-0.2, 0) is 0 Å². The van der Waals surface area contributed by atoms with Crippen molar-refractivity contribution in [3.63, 3.8) is 0 Å². The van der Waals surface area contributed by atoms with Gasteiger partial charge in [0.05, 0.1) is 31.2 Å². The molecule has 0 saturated carbocycles. The highest BCUT2D eigenvalue weighted by molar-refractivity contribution is 6.07. The van der Waals surface area contributed by atoms with E-state index in [0.29, 0.717) is 73.1 Å². The van der Waals surface area contributed by atoms with Gasteiger partial charge in [-0.1, -0.05) is 0 Å². The van der Waals surface area contributed by atoms with E-state index in [1.54, 1.807) is 55.9 Å². The van der Waals surface area contributed by atoms with Crippen LogP contribution in [0.25, 0.3) is 0 Å². The highest BCUT2D eigenvalue weighted by Crippen LogP contribution is 2.32. The Balaban J connectivity index is 1.41. The molecule has 3 heterocycles. The molecule has 0 bridgehead atoms. The summed E-state index contributed by atoms with van der Waals surface area (Å²) in [5.41, 5.74) is 2.79. The highest BCUT2D eigenvalue weighted by Gasteiger charge is 2.25. The molecule has 2 aliphatic rings. The van der Waals surface area contributed by atoms with Crippen molar-refractivity contribution in [2.75, 3.05) is 76.8 Å². The molecule has 3 aromatic rings. The molecule has 5 rings (SSSR count). The summed E-state index contributed by atoms with van der Waals surface area (Å²) < 4.78 is 10.7. The number of hydrogen-bond acceptors (Lipinski definition) is 8. The van der Waals surface area contributed by atoms with E-state index in [1.165, 1.54) is 7.11 Å². The molecule has 226 valence electrons. The summed E-state index contributed by atoms with van der Waals surface area (Å²) in [6.45, 7) is 5.29. The highest BCUT2D eigenvalue weighted by atomic mass is 16.5. The second-order valence-electron chi connectivity index (χ2n) is 10.5. The molecule has 2 N–H and O–H groups in total. The molecular weight excluding hydrogens is 548 g/mol. The van der Waals surface area contributed by atoms with Gasteiger partial charge >= 0.3 is 0 Å². The first-order valence-corrected chi connectivity index (χ1v) is 14.6. The van der Waals surface area contributed by atoms with Crippen LogP contribution in [0.5, 0.6) is 11.5 Å². The molecule has 11 nitrogen and oxygen atoms in total. The number of benzene rings is 2. The zero-order valence-corrected chi connectivity index (χ0v) is 24.7. The Morgan fingerprint density at radius 2 is 1.53 bits per heavy atom. The quantitative estimate of drug-likeness (QED) is 0.434. The summed E-state index contributed by atoms with van der Waals surface area (Å²) in [5.74, 6) is 0.508. The number of nitrogens with zero attached hydrogens (tertiary/aromatic N) is 4. The first-order chi connectivity index (χ1) is 21.0. The van der Waals surface area contributed by atoms with E-state index in [0.717, 1.165) is 31.6 Å². The number of anilines is 2. The van der Waals surface area contributed by atoms with E-state index in [9.17, 15) is 14.4 Å². The number of carbonyl (C=O) groups is 3. The van der Waals surface area contributed by atoms with E-state index in [1.807, 2.05) is 21.9 Å². The fourth-order valence-electron chi connectivity index (χ4n) is 5.48. The Bertz CT molecular complexity index is 1440. The molecule has 1 aromatic heterocycles. The van der Waals surface area contributed by atoms with Gasteiger partial charge in [-0.25, -0.2) is 0 Å². The molecule has 0 atom stereocenters. The Morgan fingerprint density at radius 1 is 0.767 bits per heavy atom. The zero-order chi connectivity index (χ0) is 30.2. The van der Waals surface area contributed by atoms with Crippen LogP contribution in [0.3, 0.4) is 0 Å². The molecule has 3 amide bonds. The number of methoxy groups -OCH3 is 2. The predicted octanol–water partition coefficient (Wildman–Crippen LogP) is 3.14. The lowest BCUT2D eigenvalue weighted by atomic mass is 10.1. The van der Waals surface area contributed by atoms with Crippen molar-refractivity contribution in [3.8, 4) is 11.5 Å². The zero-order valence-electron chi connectivity index (χ0n) is 24.7. The number of aromatic nitrogens is 1. The molecule has 0 radical (unpaired) electrons. The molecule has 2 aromatic carbocycles. The average molecular weight is 587 g/mol. The number of pyridine rings is 1. The van der Waals surface area contributed by atoms with Crippen molar-refractivity contribution in [3.05, 3.63) is 77.6 Å². The SMILES string of the molecule is COc1ccc(C(=O)Nc2cc(C(=O)N3CCCNCC3)ccc2N2CCCN(C(=O)c3cccnc3)CC2)cc1OC. The summed E-state index contributed by atoms with van der Waals surface area (Å²) >= 11 is 0. The molecular formula is C32H38N6O5. The van der Waals surface area contributed by atoms with Crippen molar-refractivity contribution in [2.45, 2.75) is 12.8 Å². The van der Waals surface area contributed by atoms with Crippen molar-refractivity contribution >= 4 is 29.1 Å². The number of rotatable bonds is 7. The number of hydrogen-bond donors (Lipinski definition) is 2. The first-order valence-electron chi connectivity index (χ1n) is 14.6. The van der Waals surface area contributed by atoms with Gasteiger partial charge in [0.2, 0.25) is 0 Å². The van der Waals surface area contributed by atoms with E-state index < -0.39 is 0 Å². The largest absolute Gasteiger partial charge is 0.493 e. The second-order valence-corrected chi connectivity index (χ2v) is 10.5. The van der Waals surface area contributed by atoms with Crippen LogP contribution in [-0.4, -0.2) is 99.1 Å². The van der Waals surface area contributed by atoms with E-state index in [4.69, 9.17) is 9.47 Å². The maximum Gasteiger partial charge on any atom is 0.255 e. The monoisotopic (exact) mass is 586 g/mol. The van der Waals surface area contributed by atoms with Crippen molar-refractivity contribution in [1.29, 1.82) is 0 Å². The standard InChI is InChI=1S/C32H38N6O5/c1-42-28-10-8-23(21-29(28)43-2)30(39)35-26-20-24(31(40)37-14-4-12-33-13-17-37)7-9-27(26)36-15-5-16-38(19-18-36)32(41)25-6-3-11-34-22-25/h3,6-11,20-22,33H,4-5,12-19H2,1-2H3,(H,35,39). The van der Waals surface area contributed by atoms with Crippen molar-refractivity contribution in [1.82, 2.24) is 20.1 Å². The van der Waals surface area contributed by atoms with Crippen LogP contribution in [0.4, 0.5) is 11.4 Å². The molecule has 0 spiro atoms. The Morgan fingerprint density at radius 3 is 2.33 bits per heavy atom. The average Bonchev–Trinajstić information content (AvgIpc) is 3.48. The molecule has 2 fully saturated rings. The lowest BCUT2D eigenvalue weighted by molar-refractivity contribution is 0.0758. The molecule has 0 unspecified atom stereocenters. The van der Waals surface area contributed by atoms with Crippen LogP contribution < -0.4 is 25.0 Å². The van der Waals surface area contributed by atoms with E-state index in [-0.39, 0.29) is 17.7 Å². The summed E-state index contributed by atoms with van der Waals surface area (Å²) in [6, 6.07) is 14.0. The van der Waals surface area contributed by atoms with Crippen molar-refractivity contribution in [2.24, 2.45) is 0 Å². The normalized spacial score (nSPS) is 15.7. The van der Waals surface area contributed by atoms with Crippen LogP contribution in [0.15, 0.2) is 60.9 Å². The van der Waals surface area contributed by atoms with Gasteiger partial charge < -0.3 is 34.8 Å². The van der Waals surface area contributed by atoms with Gasteiger partial charge in [0.15, 0.2) is 11.5 Å². The Labute approximate surface area is 251 Å². The predicted molar refractivity (Wildman–Crippen MR) is 164 cm³/mol. The number of carbonyl (C=O) groups excluding carboxylic acids is 3. The Hall–Kier alpha value is -4.64. The van der Waals surface area contributed by atoms with Crippen LogP contribution in [0, 0.1) is 0 Å². The third-order valence-corrected chi connectivity index (χ3v) is 7.80.